The van der Waals surface area contributed by atoms with Crippen LogP contribution >= 0.6 is 0 Å². The van der Waals surface area contributed by atoms with Crippen molar-refractivity contribution < 1.29 is 0 Å². The topological polar surface area (TPSA) is 0 Å². The molecule has 0 amide bonds. The molecule has 1 radical (unpaired) electrons. The third-order valence-corrected chi connectivity index (χ3v) is 1.90. The van der Waals surface area contributed by atoms with Gasteiger partial charge < -0.3 is 0 Å². The average Bonchev–Trinajstić information content (AvgIpc) is 2.05. The molecule has 0 bridgehead atoms. The minimum Gasteiger partial charge on any atom is -0.0879 e. The van der Waals surface area contributed by atoms with Gasteiger partial charge in [-0.15, -0.1) is 0 Å². The third kappa shape index (κ3) is 4.95. The average molecular weight is 161 g/mol. The van der Waals surface area contributed by atoms with Crippen LogP contribution in [-0.2, 0) is 0 Å². The minimum absolute atomic E-state index is 1.07. The van der Waals surface area contributed by atoms with E-state index in [1.54, 1.807) is 0 Å². The Bertz CT molecular complexity index is 172. The molecule has 0 aromatic carbocycles. The molecule has 0 saturated heterocycles. The van der Waals surface area contributed by atoms with Gasteiger partial charge in [-0.25, -0.2) is 0 Å². The summed E-state index contributed by atoms with van der Waals surface area (Å²) in [5.74, 6) is 0. The first-order valence-electron chi connectivity index (χ1n) is 4.78. The molecule has 0 heterocycles. The van der Waals surface area contributed by atoms with E-state index in [0.29, 0.717) is 0 Å². The van der Waals surface area contributed by atoms with E-state index in [4.69, 9.17) is 0 Å². The lowest BCUT2D eigenvalue weighted by Crippen LogP contribution is -1.76. The predicted octanol–water partition coefficient (Wildman–Crippen LogP) is 3.82. The van der Waals surface area contributed by atoms with Crippen molar-refractivity contribution in [2.75, 3.05) is 0 Å². The molecule has 0 aliphatic heterocycles. The fraction of sp³-hybridized carbons (Fsp3) is 0.417. The van der Waals surface area contributed by atoms with E-state index >= 15 is 0 Å². The van der Waals surface area contributed by atoms with Crippen LogP contribution in [-0.4, -0.2) is 0 Å². The second-order valence-electron chi connectivity index (χ2n) is 3.02. The fourth-order valence-corrected chi connectivity index (χ4v) is 1.20. The largest absolute Gasteiger partial charge is 0.0879 e. The molecular weight excluding hydrogens is 144 g/mol. The maximum Gasteiger partial charge on any atom is -0.0166 e. The van der Waals surface area contributed by atoms with Gasteiger partial charge in [0.1, 0.15) is 0 Å². The summed E-state index contributed by atoms with van der Waals surface area (Å²) in [5, 5.41) is 0. The number of hydrogen-bond acceptors (Lipinski definition) is 0. The maximum absolute atomic E-state index is 2.36. The molecule has 0 spiro atoms. The molecule has 12 heavy (non-hydrogen) atoms. The zero-order chi connectivity index (χ0) is 8.49. The summed E-state index contributed by atoms with van der Waals surface area (Å²) in [6.07, 6.45) is 21.5. The molecule has 65 valence electrons. The zero-order valence-electron chi connectivity index (χ0n) is 7.58. The zero-order valence-corrected chi connectivity index (χ0v) is 7.58. The van der Waals surface area contributed by atoms with Crippen molar-refractivity contribution in [2.24, 2.45) is 0 Å². The Labute approximate surface area is 75.7 Å². The van der Waals surface area contributed by atoms with Crippen molar-refractivity contribution in [3.63, 3.8) is 0 Å². The van der Waals surface area contributed by atoms with Crippen LogP contribution in [0.5, 0.6) is 0 Å². The van der Waals surface area contributed by atoms with E-state index in [9.17, 15) is 0 Å². The molecule has 0 nitrogen and oxygen atoms in total. The van der Waals surface area contributed by atoms with Crippen LogP contribution < -0.4 is 0 Å². The lowest BCUT2D eigenvalue weighted by atomic mass is 10.1. The van der Waals surface area contributed by atoms with E-state index in [1.807, 2.05) is 0 Å². The molecule has 0 atom stereocenters. The maximum atomic E-state index is 2.36. The quantitative estimate of drug-likeness (QED) is 0.474. The summed E-state index contributed by atoms with van der Waals surface area (Å²) in [5.41, 5.74) is 0. The standard InChI is InChI=1S/C12H17/c1-2-4-6-8-10-12-11-9-7-5-3-1/h1-4,7,9,12H,5-6,8,10-11H2. The van der Waals surface area contributed by atoms with Gasteiger partial charge in [-0.1, -0.05) is 36.5 Å². The van der Waals surface area contributed by atoms with Crippen molar-refractivity contribution >= 4 is 0 Å². The highest BCUT2D eigenvalue weighted by Crippen LogP contribution is 2.04. The van der Waals surface area contributed by atoms with Gasteiger partial charge in [-0.3, -0.25) is 0 Å². The highest BCUT2D eigenvalue weighted by atomic mass is 13.9. The second-order valence-corrected chi connectivity index (χ2v) is 3.02. The van der Waals surface area contributed by atoms with Crippen LogP contribution in [0.25, 0.3) is 0 Å². The predicted molar refractivity (Wildman–Crippen MR) is 54.8 cm³/mol. The minimum atomic E-state index is 1.07. The Morgan fingerprint density at radius 2 is 1.50 bits per heavy atom. The van der Waals surface area contributed by atoms with Crippen molar-refractivity contribution in [1.82, 2.24) is 0 Å². The van der Waals surface area contributed by atoms with Gasteiger partial charge in [-0.05, 0) is 38.5 Å². The van der Waals surface area contributed by atoms with Gasteiger partial charge in [0.25, 0.3) is 0 Å². The van der Waals surface area contributed by atoms with Crippen molar-refractivity contribution in [2.45, 2.75) is 32.1 Å². The molecular formula is C12H17. The van der Waals surface area contributed by atoms with E-state index < -0.39 is 0 Å². The molecule has 0 saturated carbocycles. The van der Waals surface area contributed by atoms with Gasteiger partial charge >= 0.3 is 0 Å². The smallest absolute Gasteiger partial charge is 0.0166 e. The summed E-state index contributed by atoms with van der Waals surface area (Å²) in [6, 6.07) is 0. The van der Waals surface area contributed by atoms with Crippen LogP contribution in [0.2, 0.25) is 0 Å². The molecule has 0 N–H and O–H groups in total. The lowest BCUT2D eigenvalue weighted by Gasteiger charge is -1.95. The van der Waals surface area contributed by atoms with E-state index in [2.05, 4.69) is 42.9 Å². The van der Waals surface area contributed by atoms with Crippen molar-refractivity contribution in [3.05, 3.63) is 42.9 Å². The van der Waals surface area contributed by atoms with Crippen LogP contribution in [0.1, 0.15) is 32.1 Å². The summed E-state index contributed by atoms with van der Waals surface area (Å²) < 4.78 is 0. The summed E-state index contributed by atoms with van der Waals surface area (Å²) in [4.78, 5) is 0. The highest BCUT2D eigenvalue weighted by molar-refractivity contribution is 5.05. The Morgan fingerprint density at radius 1 is 0.667 bits per heavy atom. The van der Waals surface area contributed by atoms with Gasteiger partial charge in [0.05, 0.1) is 0 Å². The summed E-state index contributed by atoms with van der Waals surface area (Å²) in [6.45, 7) is 0. The molecule has 0 aromatic rings. The van der Waals surface area contributed by atoms with Crippen molar-refractivity contribution in [1.29, 1.82) is 0 Å². The number of rotatable bonds is 0. The summed E-state index contributed by atoms with van der Waals surface area (Å²) in [7, 11) is 0. The highest BCUT2D eigenvalue weighted by Gasteiger charge is 1.86. The van der Waals surface area contributed by atoms with Gasteiger partial charge in [0, 0.05) is 0 Å². The monoisotopic (exact) mass is 161 g/mol. The molecule has 0 heteroatoms. The molecule has 0 aromatic heterocycles. The molecule has 1 aliphatic carbocycles. The third-order valence-electron chi connectivity index (χ3n) is 1.90. The second kappa shape index (κ2) is 6.90. The Kier molecular flexibility index (Phi) is 5.35. The van der Waals surface area contributed by atoms with Crippen LogP contribution in [0.15, 0.2) is 36.5 Å². The molecule has 1 aliphatic rings. The van der Waals surface area contributed by atoms with Gasteiger partial charge in [0.15, 0.2) is 0 Å². The van der Waals surface area contributed by atoms with E-state index in [1.165, 1.54) is 19.3 Å². The first kappa shape index (κ1) is 9.31. The van der Waals surface area contributed by atoms with Crippen LogP contribution in [0, 0.1) is 6.42 Å². The van der Waals surface area contributed by atoms with Crippen LogP contribution in [0.4, 0.5) is 0 Å². The normalized spacial score (nSPS) is 20.0. The fourth-order valence-electron chi connectivity index (χ4n) is 1.20. The summed E-state index contributed by atoms with van der Waals surface area (Å²) >= 11 is 0. The first-order chi connectivity index (χ1) is 6.00. The SMILES string of the molecule is [CH]1CC=CCC=CC=CCCC1. The van der Waals surface area contributed by atoms with Crippen molar-refractivity contribution in [3.8, 4) is 0 Å². The van der Waals surface area contributed by atoms with E-state index in [0.717, 1.165) is 12.8 Å². The van der Waals surface area contributed by atoms with Gasteiger partial charge in [-0.2, -0.15) is 0 Å². The van der Waals surface area contributed by atoms with Crippen LogP contribution in [0.3, 0.4) is 0 Å². The Hall–Kier alpha value is -0.780. The molecule has 1 rings (SSSR count). The Balaban J connectivity index is 2.31. The number of allylic oxidation sites excluding steroid dienone is 6. The number of hydrogen-bond donors (Lipinski definition) is 0. The van der Waals surface area contributed by atoms with Gasteiger partial charge in [0.2, 0.25) is 0 Å². The first-order valence-corrected chi connectivity index (χ1v) is 4.78. The lowest BCUT2D eigenvalue weighted by molar-refractivity contribution is 0.810. The van der Waals surface area contributed by atoms with E-state index in [-0.39, 0.29) is 0 Å². The Morgan fingerprint density at radius 3 is 2.50 bits per heavy atom. The molecule has 0 fully saturated rings. The molecule has 0 unspecified atom stereocenters.